The highest BCUT2D eigenvalue weighted by Gasteiger charge is 2.44. The zero-order valence-corrected chi connectivity index (χ0v) is 32.2. The minimum absolute atomic E-state index is 0.233. The molecule has 9 nitrogen and oxygen atoms in total. The van der Waals surface area contributed by atoms with E-state index in [1.807, 2.05) is 19.1 Å². The lowest BCUT2D eigenvalue weighted by Crippen LogP contribution is -2.60. The van der Waals surface area contributed by atoms with Crippen LogP contribution in [-0.4, -0.2) is 87.5 Å². The number of allylic oxidation sites excluding steroid dienone is 17. The van der Waals surface area contributed by atoms with Crippen LogP contribution in [0.5, 0.6) is 0 Å². The van der Waals surface area contributed by atoms with Crippen LogP contribution in [0.3, 0.4) is 0 Å². The van der Waals surface area contributed by atoms with E-state index >= 15 is 0 Å². The van der Waals surface area contributed by atoms with Crippen LogP contribution in [0.25, 0.3) is 0 Å². The first kappa shape index (κ1) is 47.9. The molecule has 0 spiro atoms. The standard InChI is InChI=1S/C44H69NO8/c1-3-5-7-9-11-13-14-15-16-17-18-19-20-21-22-23-24-26-28-30-32-34-40(48)45-37(38(47)33-31-29-27-25-12-10-8-6-4-2)36-52-44-43(51)42(50)41(49)39(35-46)53-44/h4-7,11-13,15-16,18-19,21-22,24-26,31,33,37-39,41-44,46-47,49-51H,3,8-10,14,17,20,23,27-30,32,34-36H2,1-2H3,(H,45,48)/b6-4+,7-5-,13-11-,16-15-,19-18-,22-21-,25-12+,26-24-,33-31+. The zero-order chi connectivity index (χ0) is 38.8. The molecule has 1 fully saturated rings. The van der Waals surface area contributed by atoms with Crippen LogP contribution in [-0.2, 0) is 14.3 Å². The highest BCUT2D eigenvalue weighted by atomic mass is 16.7. The van der Waals surface area contributed by atoms with Gasteiger partial charge in [-0.05, 0) is 90.4 Å². The van der Waals surface area contributed by atoms with Gasteiger partial charge in [0, 0.05) is 6.42 Å². The van der Waals surface area contributed by atoms with Gasteiger partial charge >= 0.3 is 0 Å². The number of hydrogen-bond acceptors (Lipinski definition) is 8. The smallest absolute Gasteiger partial charge is 0.220 e. The molecule has 1 heterocycles. The fraction of sp³-hybridized carbons (Fsp3) is 0.568. The summed E-state index contributed by atoms with van der Waals surface area (Å²) in [4.78, 5) is 12.8. The minimum atomic E-state index is -1.59. The molecule has 53 heavy (non-hydrogen) atoms. The van der Waals surface area contributed by atoms with E-state index in [-0.39, 0.29) is 18.9 Å². The van der Waals surface area contributed by atoms with Crippen molar-refractivity contribution >= 4 is 5.91 Å². The molecule has 1 aliphatic rings. The highest BCUT2D eigenvalue weighted by molar-refractivity contribution is 5.76. The largest absolute Gasteiger partial charge is 0.394 e. The summed E-state index contributed by atoms with van der Waals surface area (Å²) in [6.45, 7) is 3.32. The third-order valence-corrected chi connectivity index (χ3v) is 8.40. The molecule has 0 aliphatic carbocycles. The maximum absolute atomic E-state index is 12.8. The van der Waals surface area contributed by atoms with Crippen molar-refractivity contribution in [2.24, 2.45) is 0 Å². The summed E-state index contributed by atoms with van der Waals surface area (Å²) in [5.74, 6) is -0.244. The Morgan fingerprint density at radius 1 is 0.679 bits per heavy atom. The second-order valence-electron chi connectivity index (χ2n) is 13.0. The van der Waals surface area contributed by atoms with Gasteiger partial charge in [-0.1, -0.05) is 116 Å². The number of amides is 1. The predicted molar refractivity (Wildman–Crippen MR) is 216 cm³/mol. The Morgan fingerprint density at radius 2 is 1.19 bits per heavy atom. The van der Waals surface area contributed by atoms with Gasteiger partial charge < -0.3 is 40.3 Å². The van der Waals surface area contributed by atoms with Gasteiger partial charge in [-0.3, -0.25) is 4.79 Å². The molecule has 0 saturated carbocycles. The number of ether oxygens (including phenoxy) is 2. The number of carbonyl (C=O) groups excluding carboxylic acids is 1. The Kier molecular flexibility index (Phi) is 30.2. The van der Waals surface area contributed by atoms with E-state index in [0.717, 1.165) is 70.6 Å². The van der Waals surface area contributed by atoms with E-state index < -0.39 is 49.5 Å². The first-order chi connectivity index (χ1) is 25.8. The van der Waals surface area contributed by atoms with Gasteiger partial charge in [-0.15, -0.1) is 0 Å². The number of carbonyl (C=O) groups is 1. The summed E-state index contributed by atoms with van der Waals surface area (Å²) in [7, 11) is 0. The van der Waals surface area contributed by atoms with Gasteiger partial charge in [0.1, 0.15) is 24.4 Å². The zero-order valence-electron chi connectivity index (χ0n) is 32.2. The number of unbranched alkanes of at least 4 members (excludes halogenated alkanes) is 4. The molecule has 9 heteroatoms. The van der Waals surface area contributed by atoms with Crippen LogP contribution in [0.15, 0.2) is 109 Å². The van der Waals surface area contributed by atoms with Crippen LogP contribution in [0.1, 0.15) is 104 Å². The van der Waals surface area contributed by atoms with E-state index in [1.165, 1.54) is 0 Å². The normalized spacial score (nSPS) is 22.9. The topological polar surface area (TPSA) is 149 Å². The van der Waals surface area contributed by atoms with Gasteiger partial charge in [0.15, 0.2) is 6.29 Å². The van der Waals surface area contributed by atoms with Crippen molar-refractivity contribution in [3.63, 3.8) is 0 Å². The van der Waals surface area contributed by atoms with Crippen LogP contribution < -0.4 is 5.32 Å². The van der Waals surface area contributed by atoms with E-state index in [4.69, 9.17) is 9.47 Å². The van der Waals surface area contributed by atoms with Crippen molar-refractivity contribution < 1.29 is 39.8 Å². The van der Waals surface area contributed by atoms with Crippen LogP contribution in [0.4, 0.5) is 0 Å². The average Bonchev–Trinajstić information content (AvgIpc) is 3.16. The maximum Gasteiger partial charge on any atom is 0.220 e. The number of aliphatic hydroxyl groups excluding tert-OH is 5. The van der Waals surface area contributed by atoms with Gasteiger partial charge in [0.2, 0.25) is 5.91 Å². The fourth-order valence-electron chi connectivity index (χ4n) is 5.25. The molecule has 0 aromatic heterocycles. The predicted octanol–water partition coefficient (Wildman–Crippen LogP) is 7.16. The van der Waals surface area contributed by atoms with Gasteiger partial charge in [0.05, 0.1) is 25.4 Å². The lowest BCUT2D eigenvalue weighted by atomic mass is 9.99. The van der Waals surface area contributed by atoms with Gasteiger partial charge in [-0.25, -0.2) is 0 Å². The quantitative estimate of drug-likeness (QED) is 0.0350. The Balaban J connectivity index is 2.44. The van der Waals surface area contributed by atoms with Crippen LogP contribution in [0, 0.1) is 0 Å². The molecule has 298 valence electrons. The van der Waals surface area contributed by atoms with Crippen molar-refractivity contribution in [3.8, 4) is 0 Å². The number of aliphatic hydroxyl groups is 5. The molecule has 7 unspecified atom stereocenters. The Morgan fingerprint density at radius 3 is 1.74 bits per heavy atom. The Labute approximate surface area is 319 Å². The van der Waals surface area contributed by atoms with E-state index in [9.17, 15) is 30.3 Å². The lowest BCUT2D eigenvalue weighted by Gasteiger charge is -2.40. The van der Waals surface area contributed by atoms with E-state index in [2.05, 4.69) is 103 Å². The summed E-state index contributed by atoms with van der Waals surface area (Å²) in [6.07, 6.45) is 41.6. The molecule has 1 amide bonds. The molecule has 6 N–H and O–H groups in total. The summed E-state index contributed by atoms with van der Waals surface area (Å²) >= 11 is 0. The molecule has 0 aromatic rings. The summed E-state index contributed by atoms with van der Waals surface area (Å²) < 4.78 is 11.1. The van der Waals surface area contributed by atoms with E-state index in [1.54, 1.807) is 6.08 Å². The molecule has 0 aromatic carbocycles. The van der Waals surface area contributed by atoms with Crippen molar-refractivity contribution in [2.75, 3.05) is 13.2 Å². The lowest BCUT2D eigenvalue weighted by molar-refractivity contribution is -0.302. The molecule has 0 radical (unpaired) electrons. The van der Waals surface area contributed by atoms with Gasteiger partial charge in [-0.2, -0.15) is 0 Å². The molecule has 7 atom stereocenters. The first-order valence-electron chi connectivity index (χ1n) is 19.6. The molecule has 1 rings (SSSR count). The van der Waals surface area contributed by atoms with Crippen LogP contribution >= 0.6 is 0 Å². The van der Waals surface area contributed by atoms with Crippen molar-refractivity contribution in [1.29, 1.82) is 0 Å². The second kappa shape index (κ2) is 33.4. The SMILES string of the molecule is C/C=C/CC/C=C/CC/C=C/C(O)C(COC1OC(CO)C(O)C(O)C1O)NC(=O)CCCC/C=C\C/C=C\C/C=C\C/C=C\C/C=C\C/C=C\CC. The average molecular weight is 740 g/mol. The Bertz CT molecular complexity index is 1180. The second-order valence-corrected chi connectivity index (χ2v) is 13.0. The summed E-state index contributed by atoms with van der Waals surface area (Å²) in [5.41, 5.74) is 0. The number of rotatable bonds is 29. The maximum atomic E-state index is 12.8. The summed E-state index contributed by atoms with van der Waals surface area (Å²) in [5, 5.41) is 53.8. The first-order valence-corrected chi connectivity index (χ1v) is 19.6. The van der Waals surface area contributed by atoms with Crippen molar-refractivity contribution in [3.05, 3.63) is 109 Å². The van der Waals surface area contributed by atoms with E-state index in [0.29, 0.717) is 12.8 Å². The number of nitrogens with one attached hydrogen (secondary N) is 1. The van der Waals surface area contributed by atoms with Gasteiger partial charge in [0.25, 0.3) is 0 Å². The molecule has 1 saturated heterocycles. The van der Waals surface area contributed by atoms with Crippen LogP contribution in [0.2, 0.25) is 0 Å². The minimum Gasteiger partial charge on any atom is -0.394 e. The molecule has 1 aliphatic heterocycles. The monoisotopic (exact) mass is 740 g/mol. The van der Waals surface area contributed by atoms with Crippen molar-refractivity contribution in [2.45, 2.75) is 147 Å². The third kappa shape index (κ3) is 24.7. The summed E-state index contributed by atoms with van der Waals surface area (Å²) in [6, 6.07) is -0.856. The third-order valence-electron chi connectivity index (χ3n) is 8.40. The number of hydrogen-bond donors (Lipinski definition) is 6. The fourth-order valence-corrected chi connectivity index (χ4v) is 5.25. The molecule has 0 bridgehead atoms. The Hall–Kier alpha value is -3.15. The highest BCUT2D eigenvalue weighted by Crippen LogP contribution is 2.22. The molecular weight excluding hydrogens is 670 g/mol. The molecular formula is C44H69NO8. The van der Waals surface area contributed by atoms with Crippen molar-refractivity contribution in [1.82, 2.24) is 5.32 Å².